The number of nitrogens with zero attached hydrogens (tertiary/aromatic N) is 1. The van der Waals surface area contributed by atoms with Crippen LogP contribution in [0, 0.1) is 5.92 Å². The fourth-order valence-corrected chi connectivity index (χ4v) is 3.58. The summed E-state index contributed by atoms with van der Waals surface area (Å²) in [4.78, 5) is 28.6. The van der Waals surface area contributed by atoms with Gasteiger partial charge in [-0.05, 0) is 36.1 Å². The number of aliphatic carboxylic acids is 1. The zero-order chi connectivity index (χ0) is 22.2. The largest absolute Gasteiger partial charge is 0.480 e. The number of anilines is 1. The molecular formula is C25H27N3O3. The van der Waals surface area contributed by atoms with Gasteiger partial charge in [-0.25, -0.2) is 0 Å². The maximum atomic E-state index is 13.2. The van der Waals surface area contributed by atoms with Crippen LogP contribution >= 0.6 is 0 Å². The molecule has 3 aromatic rings. The van der Waals surface area contributed by atoms with E-state index in [0.29, 0.717) is 12.1 Å². The minimum atomic E-state index is -1.05. The maximum absolute atomic E-state index is 13.2. The molecule has 0 bridgehead atoms. The SMILES string of the molecule is CC(CC(=O)c1cccc(NCc2ccccn2)c1-c1ccccc1)C[C@H](N)C(=O)O. The average Bonchev–Trinajstić information content (AvgIpc) is 2.78. The number of nitrogens with one attached hydrogen (secondary N) is 1. The minimum absolute atomic E-state index is 0.0366. The van der Waals surface area contributed by atoms with Crippen molar-refractivity contribution < 1.29 is 14.7 Å². The lowest BCUT2D eigenvalue weighted by Gasteiger charge is -2.18. The standard InChI is InChI=1S/C25H27N3O3/c1-17(14-21(26)25(30)31)15-23(29)20-11-7-12-22(24(20)18-8-3-2-4-9-18)28-16-19-10-5-6-13-27-19/h2-13,17,21,28H,14-16,26H2,1H3,(H,30,31)/t17?,21-/m0/s1. The molecule has 0 aliphatic rings. The summed E-state index contributed by atoms with van der Waals surface area (Å²) in [6.07, 6.45) is 2.22. The van der Waals surface area contributed by atoms with E-state index in [2.05, 4.69) is 10.3 Å². The first-order valence-electron chi connectivity index (χ1n) is 10.3. The number of carbonyl (C=O) groups is 2. The molecule has 3 rings (SSSR count). The highest BCUT2D eigenvalue weighted by Crippen LogP contribution is 2.33. The van der Waals surface area contributed by atoms with Gasteiger partial charge in [-0.2, -0.15) is 0 Å². The zero-order valence-electron chi connectivity index (χ0n) is 17.5. The normalized spacial score (nSPS) is 12.7. The van der Waals surface area contributed by atoms with Crippen molar-refractivity contribution in [3.05, 3.63) is 84.2 Å². The van der Waals surface area contributed by atoms with Crippen LogP contribution in [0.1, 0.15) is 35.8 Å². The summed E-state index contributed by atoms with van der Waals surface area (Å²) in [5.41, 5.74) is 9.76. The van der Waals surface area contributed by atoms with Crippen molar-refractivity contribution in [2.75, 3.05) is 5.32 Å². The smallest absolute Gasteiger partial charge is 0.320 e. The Bertz CT molecular complexity index is 1020. The number of carboxylic acids is 1. The van der Waals surface area contributed by atoms with Crippen molar-refractivity contribution in [3.8, 4) is 11.1 Å². The molecule has 0 radical (unpaired) electrons. The molecule has 6 heteroatoms. The highest BCUT2D eigenvalue weighted by Gasteiger charge is 2.21. The summed E-state index contributed by atoms with van der Waals surface area (Å²) in [7, 11) is 0. The molecule has 0 saturated heterocycles. The molecule has 1 heterocycles. The van der Waals surface area contributed by atoms with Gasteiger partial charge in [0.2, 0.25) is 0 Å². The van der Waals surface area contributed by atoms with Gasteiger partial charge in [0.05, 0.1) is 12.2 Å². The van der Waals surface area contributed by atoms with Crippen LogP contribution in [0.5, 0.6) is 0 Å². The van der Waals surface area contributed by atoms with E-state index in [-0.39, 0.29) is 24.5 Å². The molecule has 0 aliphatic carbocycles. The van der Waals surface area contributed by atoms with E-state index >= 15 is 0 Å². The Morgan fingerprint density at radius 2 is 1.77 bits per heavy atom. The molecule has 2 atom stereocenters. The summed E-state index contributed by atoms with van der Waals surface area (Å²) in [6, 6.07) is 20.2. The number of aromatic nitrogens is 1. The van der Waals surface area contributed by atoms with Crippen molar-refractivity contribution in [2.24, 2.45) is 11.7 Å². The number of nitrogens with two attached hydrogens (primary N) is 1. The third-order valence-electron chi connectivity index (χ3n) is 5.12. The van der Waals surface area contributed by atoms with E-state index in [1.54, 1.807) is 6.20 Å². The van der Waals surface area contributed by atoms with Crippen LogP contribution in [-0.4, -0.2) is 27.9 Å². The first kappa shape index (κ1) is 22.2. The number of pyridine rings is 1. The van der Waals surface area contributed by atoms with Gasteiger partial charge in [-0.15, -0.1) is 0 Å². The molecule has 6 nitrogen and oxygen atoms in total. The van der Waals surface area contributed by atoms with E-state index in [9.17, 15) is 9.59 Å². The first-order valence-corrected chi connectivity index (χ1v) is 10.3. The summed E-state index contributed by atoms with van der Waals surface area (Å²) in [5, 5.41) is 12.5. The zero-order valence-corrected chi connectivity index (χ0v) is 17.5. The second kappa shape index (κ2) is 10.5. The third-order valence-corrected chi connectivity index (χ3v) is 5.12. The van der Waals surface area contributed by atoms with Gasteiger partial charge in [0.25, 0.3) is 0 Å². The topological polar surface area (TPSA) is 105 Å². The van der Waals surface area contributed by atoms with Crippen LogP contribution in [0.4, 0.5) is 5.69 Å². The Kier molecular flexibility index (Phi) is 7.51. The highest BCUT2D eigenvalue weighted by molar-refractivity contribution is 6.05. The number of carbonyl (C=O) groups excluding carboxylic acids is 1. The van der Waals surface area contributed by atoms with Crippen LogP contribution in [0.15, 0.2) is 72.9 Å². The van der Waals surface area contributed by atoms with E-state index < -0.39 is 12.0 Å². The first-order chi connectivity index (χ1) is 15.0. The van der Waals surface area contributed by atoms with Gasteiger partial charge >= 0.3 is 5.97 Å². The van der Waals surface area contributed by atoms with E-state index in [1.165, 1.54) is 0 Å². The van der Waals surface area contributed by atoms with E-state index in [4.69, 9.17) is 10.8 Å². The van der Waals surface area contributed by atoms with Crippen molar-refractivity contribution >= 4 is 17.4 Å². The Hall–Kier alpha value is -3.51. The second-order valence-corrected chi connectivity index (χ2v) is 7.68. The molecule has 0 amide bonds. The Morgan fingerprint density at radius 1 is 1.03 bits per heavy atom. The van der Waals surface area contributed by atoms with Crippen molar-refractivity contribution in [1.82, 2.24) is 4.98 Å². The fourth-order valence-electron chi connectivity index (χ4n) is 3.58. The quantitative estimate of drug-likeness (QED) is 0.423. The van der Waals surface area contributed by atoms with Crippen LogP contribution in [0.25, 0.3) is 11.1 Å². The van der Waals surface area contributed by atoms with Crippen molar-refractivity contribution in [1.29, 1.82) is 0 Å². The number of carboxylic acid groups (broad SMARTS) is 1. The number of Topliss-reactive ketones (excluding diaryl/α,β-unsaturated/α-hetero) is 1. The van der Waals surface area contributed by atoms with Crippen LogP contribution < -0.4 is 11.1 Å². The van der Waals surface area contributed by atoms with Crippen LogP contribution in [0.3, 0.4) is 0 Å². The predicted octanol–water partition coefficient (Wildman–Crippen LogP) is 4.37. The van der Waals surface area contributed by atoms with Crippen molar-refractivity contribution in [2.45, 2.75) is 32.4 Å². The molecular weight excluding hydrogens is 390 g/mol. The van der Waals surface area contributed by atoms with Crippen LogP contribution in [0.2, 0.25) is 0 Å². The predicted molar refractivity (Wildman–Crippen MR) is 122 cm³/mol. The molecule has 0 saturated carbocycles. The molecule has 4 N–H and O–H groups in total. The fraction of sp³-hybridized carbons (Fsp3) is 0.240. The third kappa shape index (κ3) is 5.99. The number of ketones is 1. The summed E-state index contributed by atoms with van der Waals surface area (Å²) >= 11 is 0. The Balaban J connectivity index is 1.88. The Morgan fingerprint density at radius 3 is 2.45 bits per heavy atom. The molecule has 1 aromatic heterocycles. The van der Waals surface area contributed by atoms with Crippen LogP contribution in [-0.2, 0) is 11.3 Å². The van der Waals surface area contributed by atoms with E-state index in [0.717, 1.165) is 22.5 Å². The minimum Gasteiger partial charge on any atom is -0.480 e. The summed E-state index contributed by atoms with van der Waals surface area (Å²) in [6.45, 7) is 2.38. The van der Waals surface area contributed by atoms with Gasteiger partial charge in [0.15, 0.2) is 5.78 Å². The number of benzene rings is 2. The molecule has 2 aromatic carbocycles. The molecule has 0 aliphatic heterocycles. The molecule has 0 spiro atoms. The molecule has 1 unspecified atom stereocenters. The lowest BCUT2D eigenvalue weighted by molar-refractivity contribution is -0.138. The summed E-state index contributed by atoms with van der Waals surface area (Å²) < 4.78 is 0. The highest BCUT2D eigenvalue weighted by atomic mass is 16.4. The lowest BCUT2D eigenvalue weighted by Crippen LogP contribution is -2.32. The monoisotopic (exact) mass is 417 g/mol. The van der Waals surface area contributed by atoms with Gasteiger partial charge in [0, 0.05) is 29.4 Å². The molecule has 31 heavy (non-hydrogen) atoms. The average molecular weight is 418 g/mol. The van der Waals surface area contributed by atoms with Gasteiger partial charge in [0.1, 0.15) is 6.04 Å². The number of hydrogen-bond donors (Lipinski definition) is 3. The number of hydrogen-bond acceptors (Lipinski definition) is 5. The number of rotatable bonds is 10. The van der Waals surface area contributed by atoms with Crippen molar-refractivity contribution in [3.63, 3.8) is 0 Å². The van der Waals surface area contributed by atoms with Gasteiger partial charge in [-0.1, -0.05) is 55.5 Å². The van der Waals surface area contributed by atoms with E-state index in [1.807, 2.05) is 73.7 Å². The molecule has 160 valence electrons. The van der Waals surface area contributed by atoms with Gasteiger partial charge in [-0.3, -0.25) is 14.6 Å². The molecule has 0 fully saturated rings. The second-order valence-electron chi connectivity index (χ2n) is 7.68. The lowest BCUT2D eigenvalue weighted by atomic mass is 9.89. The summed E-state index contributed by atoms with van der Waals surface area (Å²) in [5.74, 6) is -1.23. The van der Waals surface area contributed by atoms with Gasteiger partial charge < -0.3 is 16.2 Å². The Labute approximate surface area is 182 Å². The maximum Gasteiger partial charge on any atom is 0.320 e.